The fraction of sp³-hybridized carbons (Fsp3) is 0.963. The Kier molecular flexibility index (Phi) is 6.93. The lowest BCUT2D eigenvalue weighted by Gasteiger charge is -2.64. The minimum Gasteiger partial charge on any atom is -0.393 e. The van der Waals surface area contributed by atoms with Crippen molar-refractivity contribution in [2.24, 2.45) is 45.2 Å². The molecule has 178 valence electrons. The standard InChI is InChI=1S/C27H49N3O/c1-5-15-29-16-6-17-30-19(2)22-7-8-23-21-10-14-27(28)18-20(31)9-13-26(27,4)24(21)11-12-25(22,23)3/h20-24,29,31H,5-18,28H2,1-4H3. The van der Waals surface area contributed by atoms with E-state index >= 15 is 0 Å². The molecule has 4 aliphatic carbocycles. The highest BCUT2D eigenvalue weighted by Crippen LogP contribution is 2.68. The van der Waals surface area contributed by atoms with Crippen LogP contribution in [0.5, 0.6) is 0 Å². The van der Waals surface area contributed by atoms with E-state index in [4.69, 9.17) is 10.7 Å². The van der Waals surface area contributed by atoms with Crippen LogP contribution in [0.4, 0.5) is 0 Å². The van der Waals surface area contributed by atoms with E-state index in [1.54, 1.807) is 0 Å². The first-order valence-electron chi connectivity index (χ1n) is 13.4. The van der Waals surface area contributed by atoms with Gasteiger partial charge in [0.25, 0.3) is 0 Å². The van der Waals surface area contributed by atoms with E-state index < -0.39 is 0 Å². The second-order valence-corrected chi connectivity index (χ2v) is 12.2. The predicted octanol–water partition coefficient (Wildman–Crippen LogP) is 4.94. The van der Waals surface area contributed by atoms with Crippen molar-refractivity contribution in [1.29, 1.82) is 0 Å². The molecular formula is C27H49N3O. The summed E-state index contributed by atoms with van der Waals surface area (Å²) in [4.78, 5) is 5.07. The van der Waals surface area contributed by atoms with E-state index in [1.807, 2.05) is 0 Å². The van der Waals surface area contributed by atoms with E-state index in [1.165, 1.54) is 44.2 Å². The largest absolute Gasteiger partial charge is 0.393 e. The van der Waals surface area contributed by atoms with Crippen molar-refractivity contribution in [3.05, 3.63) is 0 Å². The van der Waals surface area contributed by atoms with Crippen LogP contribution in [0, 0.1) is 34.5 Å². The highest BCUT2D eigenvalue weighted by Gasteiger charge is 2.63. The Labute approximate surface area is 191 Å². The molecule has 4 nitrogen and oxygen atoms in total. The average molecular weight is 432 g/mol. The van der Waals surface area contributed by atoms with Crippen molar-refractivity contribution >= 4 is 5.71 Å². The molecule has 0 aliphatic heterocycles. The molecule has 0 aromatic rings. The Hall–Kier alpha value is -0.450. The zero-order chi connectivity index (χ0) is 22.3. The fourth-order valence-corrected chi connectivity index (χ4v) is 8.88. The number of rotatable bonds is 7. The van der Waals surface area contributed by atoms with Crippen LogP contribution >= 0.6 is 0 Å². The zero-order valence-corrected chi connectivity index (χ0v) is 20.8. The first kappa shape index (κ1) is 23.7. The van der Waals surface area contributed by atoms with E-state index in [9.17, 15) is 5.11 Å². The summed E-state index contributed by atoms with van der Waals surface area (Å²) in [6, 6.07) is 0. The summed E-state index contributed by atoms with van der Waals surface area (Å²) in [6.07, 6.45) is 12.8. The van der Waals surface area contributed by atoms with Gasteiger partial charge < -0.3 is 16.2 Å². The lowest BCUT2D eigenvalue weighted by Crippen LogP contribution is -2.67. The summed E-state index contributed by atoms with van der Waals surface area (Å²) in [5.74, 6) is 3.08. The Morgan fingerprint density at radius 2 is 1.84 bits per heavy atom. The van der Waals surface area contributed by atoms with E-state index in [0.717, 1.165) is 69.5 Å². The molecule has 8 unspecified atom stereocenters. The van der Waals surface area contributed by atoms with E-state index in [-0.39, 0.29) is 17.1 Å². The summed E-state index contributed by atoms with van der Waals surface area (Å²) in [7, 11) is 0. The van der Waals surface area contributed by atoms with Crippen LogP contribution in [0.25, 0.3) is 0 Å². The SMILES string of the molecule is CCCNCCCN=C(C)C1CCC2C3CCC4(N)CC(O)CCC4(C)C3CCC12C. The molecule has 8 atom stereocenters. The van der Waals surface area contributed by atoms with Crippen molar-refractivity contribution in [1.82, 2.24) is 5.32 Å². The minimum absolute atomic E-state index is 0.152. The maximum absolute atomic E-state index is 10.3. The van der Waals surface area contributed by atoms with Gasteiger partial charge in [0, 0.05) is 23.7 Å². The number of fused-ring (bicyclic) bond motifs is 5. The third-order valence-corrected chi connectivity index (χ3v) is 10.7. The normalized spacial score (nSPS) is 47.5. The molecule has 31 heavy (non-hydrogen) atoms. The highest BCUT2D eigenvalue weighted by molar-refractivity contribution is 5.85. The lowest BCUT2D eigenvalue weighted by atomic mass is 9.42. The van der Waals surface area contributed by atoms with Crippen molar-refractivity contribution in [2.45, 2.75) is 110 Å². The molecule has 0 amide bonds. The van der Waals surface area contributed by atoms with Gasteiger partial charge in [-0.15, -0.1) is 0 Å². The summed E-state index contributed by atoms with van der Waals surface area (Å²) >= 11 is 0. The molecule has 4 N–H and O–H groups in total. The van der Waals surface area contributed by atoms with E-state index in [0.29, 0.717) is 11.3 Å². The Balaban J connectivity index is 1.44. The number of aliphatic imine (C=N–C) groups is 1. The van der Waals surface area contributed by atoms with Gasteiger partial charge in [-0.1, -0.05) is 20.8 Å². The Morgan fingerprint density at radius 1 is 1.03 bits per heavy atom. The molecule has 0 spiro atoms. The second kappa shape index (κ2) is 9.06. The van der Waals surface area contributed by atoms with Gasteiger partial charge in [0.15, 0.2) is 0 Å². The maximum atomic E-state index is 10.3. The molecule has 4 saturated carbocycles. The number of hydrogen-bond acceptors (Lipinski definition) is 4. The molecule has 4 fully saturated rings. The van der Waals surface area contributed by atoms with Crippen LogP contribution in [0.15, 0.2) is 4.99 Å². The van der Waals surface area contributed by atoms with Gasteiger partial charge in [0.1, 0.15) is 0 Å². The van der Waals surface area contributed by atoms with Crippen molar-refractivity contribution in [3.63, 3.8) is 0 Å². The fourth-order valence-electron chi connectivity index (χ4n) is 8.88. The number of aliphatic hydroxyl groups is 1. The van der Waals surface area contributed by atoms with Gasteiger partial charge in [-0.25, -0.2) is 0 Å². The topological polar surface area (TPSA) is 70.6 Å². The molecular weight excluding hydrogens is 382 g/mol. The molecule has 0 radical (unpaired) electrons. The molecule has 0 heterocycles. The maximum Gasteiger partial charge on any atom is 0.0558 e. The first-order chi connectivity index (χ1) is 14.7. The van der Waals surface area contributed by atoms with Crippen LogP contribution in [0.3, 0.4) is 0 Å². The number of aliphatic hydroxyl groups excluding tert-OH is 1. The minimum atomic E-state index is -0.185. The third kappa shape index (κ3) is 4.04. The monoisotopic (exact) mass is 431 g/mol. The number of nitrogens with zero attached hydrogens (tertiary/aromatic N) is 1. The number of hydrogen-bond donors (Lipinski definition) is 3. The van der Waals surface area contributed by atoms with Gasteiger partial charge >= 0.3 is 0 Å². The average Bonchev–Trinajstić information content (AvgIpc) is 3.08. The van der Waals surface area contributed by atoms with Crippen molar-refractivity contribution in [3.8, 4) is 0 Å². The van der Waals surface area contributed by atoms with Gasteiger partial charge in [0.2, 0.25) is 0 Å². The van der Waals surface area contributed by atoms with Gasteiger partial charge in [-0.2, -0.15) is 0 Å². The summed E-state index contributed by atoms with van der Waals surface area (Å²) in [6.45, 7) is 12.8. The van der Waals surface area contributed by atoms with Crippen LogP contribution < -0.4 is 11.1 Å². The predicted molar refractivity (Wildman–Crippen MR) is 130 cm³/mol. The second-order valence-electron chi connectivity index (χ2n) is 12.2. The highest BCUT2D eigenvalue weighted by atomic mass is 16.3. The van der Waals surface area contributed by atoms with Crippen LogP contribution in [0.2, 0.25) is 0 Å². The first-order valence-corrected chi connectivity index (χ1v) is 13.4. The molecule has 0 aromatic heterocycles. The van der Waals surface area contributed by atoms with Gasteiger partial charge in [-0.05, 0) is 119 Å². The summed E-state index contributed by atoms with van der Waals surface area (Å²) in [5.41, 5.74) is 8.97. The Bertz CT molecular complexity index is 665. The lowest BCUT2D eigenvalue weighted by molar-refractivity contribution is -0.135. The zero-order valence-electron chi connectivity index (χ0n) is 20.8. The van der Waals surface area contributed by atoms with Crippen LogP contribution in [-0.2, 0) is 0 Å². The van der Waals surface area contributed by atoms with Gasteiger partial charge in [-0.3, -0.25) is 4.99 Å². The summed E-state index contributed by atoms with van der Waals surface area (Å²) in [5, 5.41) is 13.8. The Morgan fingerprint density at radius 3 is 2.61 bits per heavy atom. The van der Waals surface area contributed by atoms with Gasteiger partial charge in [0.05, 0.1) is 6.10 Å². The van der Waals surface area contributed by atoms with E-state index in [2.05, 4.69) is 33.0 Å². The number of nitrogens with two attached hydrogens (primary N) is 1. The molecule has 4 heteroatoms. The molecule has 4 rings (SSSR count). The van der Waals surface area contributed by atoms with Crippen molar-refractivity contribution in [2.75, 3.05) is 19.6 Å². The molecule has 0 saturated heterocycles. The number of nitrogens with one attached hydrogen (secondary N) is 1. The summed E-state index contributed by atoms with van der Waals surface area (Å²) < 4.78 is 0. The molecule has 0 bridgehead atoms. The van der Waals surface area contributed by atoms with Crippen LogP contribution in [0.1, 0.15) is 98.3 Å². The smallest absolute Gasteiger partial charge is 0.0558 e. The molecule has 4 aliphatic rings. The molecule has 0 aromatic carbocycles. The van der Waals surface area contributed by atoms with Crippen molar-refractivity contribution < 1.29 is 5.11 Å². The quantitative estimate of drug-likeness (QED) is 0.395. The van der Waals surface area contributed by atoms with Crippen LogP contribution in [-0.4, -0.2) is 42.1 Å². The third-order valence-electron chi connectivity index (χ3n) is 10.7.